The smallest absolute Gasteiger partial charge is 0.106 e. The molecule has 0 aromatic carbocycles. The highest BCUT2D eigenvalue weighted by Gasteiger charge is 2.22. The summed E-state index contributed by atoms with van der Waals surface area (Å²) in [7, 11) is 2.01. The molecule has 0 aliphatic rings. The summed E-state index contributed by atoms with van der Waals surface area (Å²) >= 11 is 0. The fraction of sp³-hybridized carbons (Fsp3) is 0.588. The third-order valence-corrected chi connectivity index (χ3v) is 4.12. The molecule has 4 nitrogen and oxygen atoms in total. The number of hydrogen-bond acceptors (Lipinski definition) is 3. The van der Waals surface area contributed by atoms with Crippen LogP contribution < -0.4 is 5.32 Å². The number of aryl methyl sites for hydroxylation is 4. The van der Waals surface area contributed by atoms with Gasteiger partial charge in [-0.2, -0.15) is 5.10 Å². The Kier molecular flexibility index (Phi) is 4.88. The molecule has 0 amide bonds. The van der Waals surface area contributed by atoms with Crippen molar-refractivity contribution in [3.8, 4) is 0 Å². The molecule has 0 spiro atoms. The maximum absolute atomic E-state index is 5.82. The van der Waals surface area contributed by atoms with Crippen molar-refractivity contribution in [3.63, 3.8) is 0 Å². The van der Waals surface area contributed by atoms with Gasteiger partial charge < -0.3 is 9.73 Å². The van der Waals surface area contributed by atoms with E-state index < -0.39 is 0 Å². The molecule has 1 unspecified atom stereocenters. The fourth-order valence-corrected chi connectivity index (χ4v) is 2.98. The minimum Gasteiger partial charge on any atom is -0.466 e. The van der Waals surface area contributed by atoms with E-state index in [-0.39, 0.29) is 6.04 Å². The van der Waals surface area contributed by atoms with Gasteiger partial charge in [-0.3, -0.25) is 4.68 Å². The lowest BCUT2D eigenvalue weighted by molar-refractivity contribution is 0.475. The second-order valence-corrected chi connectivity index (χ2v) is 5.86. The Morgan fingerprint density at radius 2 is 1.95 bits per heavy atom. The number of furan rings is 1. The summed E-state index contributed by atoms with van der Waals surface area (Å²) in [6.45, 7) is 11.5. The third-order valence-electron chi connectivity index (χ3n) is 4.12. The van der Waals surface area contributed by atoms with E-state index in [0.717, 1.165) is 36.6 Å². The molecule has 21 heavy (non-hydrogen) atoms. The van der Waals surface area contributed by atoms with Crippen molar-refractivity contribution < 1.29 is 4.42 Å². The molecule has 1 atom stereocenters. The minimum absolute atomic E-state index is 0.275. The summed E-state index contributed by atoms with van der Waals surface area (Å²) in [6.07, 6.45) is 2.05. The highest BCUT2D eigenvalue weighted by atomic mass is 16.3. The van der Waals surface area contributed by atoms with Gasteiger partial charge >= 0.3 is 0 Å². The summed E-state index contributed by atoms with van der Waals surface area (Å²) in [5, 5.41) is 8.12. The largest absolute Gasteiger partial charge is 0.466 e. The van der Waals surface area contributed by atoms with Crippen LogP contribution in [0.5, 0.6) is 0 Å². The van der Waals surface area contributed by atoms with Crippen LogP contribution in [0.1, 0.15) is 53.4 Å². The molecule has 0 aliphatic heterocycles. The lowest BCUT2D eigenvalue weighted by Gasteiger charge is -2.19. The van der Waals surface area contributed by atoms with Crippen LogP contribution in [-0.4, -0.2) is 16.3 Å². The van der Waals surface area contributed by atoms with Crippen LogP contribution in [0.2, 0.25) is 0 Å². The van der Waals surface area contributed by atoms with Crippen LogP contribution in [0.3, 0.4) is 0 Å². The number of aromatic nitrogens is 2. The van der Waals surface area contributed by atoms with E-state index in [0.29, 0.717) is 0 Å². The maximum atomic E-state index is 5.82. The topological polar surface area (TPSA) is 43.0 Å². The predicted molar refractivity (Wildman–Crippen MR) is 85.6 cm³/mol. The van der Waals surface area contributed by atoms with Crippen molar-refractivity contribution in [1.82, 2.24) is 15.1 Å². The quantitative estimate of drug-likeness (QED) is 0.884. The SMILES string of the molecule is CCCNC(Cc1cc(C)nn1C)c1c(C)oc(C)c1C. The van der Waals surface area contributed by atoms with Crippen molar-refractivity contribution in [2.24, 2.45) is 7.05 Å². The van der Waals surface area contributed by atoms with Gasteiger partial charge in [-0.15, -0.1) is 0 Å². The molecule has 0 saturated carbocycles. The third kappa shape index (κ3) is 3.38. The first-order valence-corrected chi connectivity index (χ1v) is 7.73. The van der Waals surface area contributed by atoms with Gasteiger partial charge in [-0.25, -0.2) is 0 Å². The van der Waals surface area contributed by atoms with Crippen LogP contribution in [0.4, 0.5) is 0 Å². The molecule has 0 saturated heterocycles. The van der Waals surface area contributed by atoms with E-state index in [1.807, 2.05) is 25.6 Å². The Hall–Kier alpha value is -1.55. The number of nitrogens with one attached hydrogen (secondary N) is 1. The molecule has 2 heterocycles. The molecule has 0 radical (unpaired) electrons. The van der Waals surface area contributed by atoms with E-state index >= 15 is 0 Å². The zero-order chi connectivity index (χ0) is 15.6. The summed E-state index contributed by atoms with van der Waals surface area (Å²) in [5.74, 6) is 2.05. The standard InChI is InChI=1S/C17H27N3O/c1-7-8-18-16(10-15-9-11(2)19-20(15)6)17-12(3)13(4)21-14(17)5/h9,16,18H,7-8,10H2,1-6H3. The van der Waals surface area contributed by atoms with Crippen molar-refractivity contribution in [3.05, 3.63) is 40.1 Å². The molecule has 0 fully saturated rings. The zero-order valence-electron chi connectivity index (χ0n) is 14.1. The lowest BCUT2D eigenvalue weighted by atomic mass is 9.97. The Morgan fingerprint density at radius 1 is 1.24 bits per heavy atom. The van der Waals surface area contributed by atoms with Crippen molar-refractivity contribution in [1.29, 1.82) is 0 Å². The summed E-state index contributed by atoms with van der Waals surface area (Å²) < 4.78 is 7.80. The van der Waals surface area contributed by atoms with Gasteiger partial charge in [0.1, 0.15) is 11.5 Å². The first kappa shape index (κ1) is 15.8. The van der Waals surface area contributed by atoms with E-state index in [2.05, 4.69) is 37.3 Å². The van der Waals surface area contributed by atoms with Crippen molar-refractivity contribution in [2.75, 3.05) is 6.54 Å². The summed E-state index contributed by atoms with van der Waals surface area (Å²) in [4.78, 5) is 0. The predicted octanol–water partition coefficient (Wildman–Crippen LogP) is 3.53. The van der Waals surface area contributed by atoms with Crippen LogP contribution in [-0.2, 0) is 13.5 Å². The molecule has 116 valence electrons. The number of hydrogen-bond donors (Lipinski definition) is 1. The highest BCUT2D eigenvalue weighted by Crippen LogP contribution is 2.29. The van der Waals surface area contributed by atoms with Crippen LogP contribution in [0.15, 0.2) is 10.5 Å². The normalized spacial score (nSPS) is 12.9. The van der Waals surface area contributed by atoms with Gasteiger partial charge in [0.25, 0.3) is 0 Å². The average Bonchev–Trinajstić information content (AvgIpc) is 2.85. The molecular weight excluding hydrogens is 262 g/mol. The molecule has 0 aliphatic carbocycles. The molecule has 0 bridgehead atoms. The van der Waals surface area contributed by atoms with Crippen LogP contribution in [0, 0.1) is 27.7 Å². The lowest BCUT2D eigenvalue weighted by Crippen LogP contribution is -2.25. The van der Waals surface area contributed by atoms with Crippen LogP contribution in [0.25, 0.3) is 0 Å². The fourth-order valence-electron chi connectivity index (χ4n) is 2.98. The monoisotopic (exact) mass is 289 g/mol. The first-order valence-electron chi connectivity index (χ1n) is 7.73. The molecule has 4 heteroatoms. The summed E-state index contributed by atoms with van der Waals surface area (Å²) in [5.41, 5.74) is 4.89. The van der Waals surface area contributed by atoms with Crippen molar-refractivity contribution in [2.45, 2.75) is 53.5 Å². The van der Waals surface area contributed by atoms with Gasteiger partial charge in [0.2, 0.25) is 0 Å². The summed E-state index contributed by atoms with van der Waals surface area (Å²) in [6, 6.07) is 2.44. The number of nitrogens with zero attached hydrogens (tertiary/aromatic N) is 2. The van der Waals surface area contributed by atoms with E-state index in [9.17, 15) is 0 Å². The Bertz CT molecular complexity index is 610. The molecule has 1 N–H and O–H groups in total. The maximum Gasteiger partial charge on any atom is 0.106 e. The molecule has 2 aromatic heterocycles. The Balaban J connectivity index is 2.32. The van der Waals surface area contributed by atoms with E-state index in [1.165, 1.54) is 16.8 Å². The van der Waals surface area contributed by atoms with Gasteiger partial charge in [-0.05, 0) is 52.3 Å². The second kappa shape index (κ2) is 6.48. The van der Waals surface area contributed by atoms with Gasteiger partial charge in [-0.1, -0.05) is 6.92 Å². The Morgan fingerprint density at radius 3 is 2.43 bits per heavy atom. The second-order valence-electron chi connectivity index (χ2n) is 5.86. The van der Waals surface area contributed by atoms with Gasteiger partial charge in [0.15, 0.2) is 0 Å². The zero-order valence-corrected chi connectivity index (χ0v) is 14.1. The molecule has 2 aromatic rings. The minimum atomic E-state index is 0.275. The van der Waals surface area contributed by atoms with Crippen molar-refractivity contribution >= 4 is 0 Å². The van der Waals surface area contributed by atoms with E-state index in [4.69, 9.17) is 4.42 Å². The van der Waals surface area contributed by atoms with Crippen LogP contribution >= 0.6 is 0 Å². The first-order chi connectivity index (χ1) is 9.93. The van der Waals surface area contributed by atoms with Gasteiger partial charge in [0, 0.05) is 30.8 Å². The Labute approximate surface area is 127 Å². The highest BCUT2D eigenvalue weighted by molar-refractivity contribution is 5.35. The van der Waals surface area contributed by atoms with Gasteiger partial charge in [0.05, 0.1) is 5.69 Å². The molecule has 2 rings (SSSR count). The number of rotatable bonds is 6. The molecular formula is C17H27N3O. The average molecular weight is 289 g/mol. The van der Waals surface area contributed by atoms with E-state index in [1.54, 1.807) is 0 Å².